The van der Waals surface area contributed by atoms with Crippen LogP contribution in [0.25, 0.3) is 6.08 Å². The van der Waals surface area contributed by atoms with Gasteiger partial charge in [-0.1, -0.05) is 12.1 Å². The second-order valence-corrected chi connectivity index (χ2v) is 4.46. The molecule has 0 bridgehead atoms. The van der Waals surface area contributed by atoms with Crippen LogP contribution in [-0.4, -0.2) is 30.3 Å². The third kappa shape index (κ3) is 5.14. The Hall–Kier alpha value is -2.30. The summed E-state index contributed by atoms with van der Waals surface area (Å²) in [4.78, 5) is 22.7. The van der Waals surface area contributed by atoms with Crippen molar-refractivity contribution in [2.45, 2.75) is 26.4 Å². The van der Waals surface area contributed by atoms with Crippen LogP contribution in [0.1, 0.15) is 25.8 Å². The zero-order valence-corrected chi connectivity index (χ0v) is 11.8. The van der Waals surface area contributed by atoms with Crippen molar-refractivity contribution in [3.8, 4) is 5.75 Å². The quantitative estimate of drug-likeness (QED) is 0.639. The molecular weight excluding hydrogens is 260 g/mol. The van der Waals surface area contributed by atoms with Crippen molar-refractivity contribution >= 4 is 18.0 Å². The van der Waals surface area contributed by atoms with E-state index in [2.05, 4.69) is 0 Å². The first kappa shape index (κ1) is 15.8. The van der Waals surface area contributed by atoms with Crippen LogP contribution in [0.2, 0.25) is 0 Å². The van der Waals surface area contributed by atoms with Crippen molar-refractivity contribution in [2.24, 2.45) is 0 Å². The van der Waals surface area contributed by atoms with Gasteiger partial charge in [-0.3, -0.25) is 4.79 Å². The maximum absolute atomic E-state index is 11.5. The molecular formula is C15H18O5. The van der Waals surface area contributed by atoms with E-state index in [4.69, 9.17) is 14.6 Å². The molecule has 5 nitrogen and oxygen atoms in total. The van der Waals surface area contributed by atoms with E-state index in [1.807, 2.05) is 0 Å². The summed E-state index contributed by atoms with van der Waals surface area (Å²) in [6.45, 7) is 3.43. The van der Waals surface area contributed by atoms with Gasteiger partial charge in [0.15, 0.2) is 0 Å². The zero-order chi connectivity index (χ0) is 15.1. The van der Waals surface area contributed by atoms with E-state index in [-0.39, 0.29) is 18.1 Å². The van der Waals surface area contributed by atoms with Gasteiger partial charge in [-0.15, -0.1) is 0 Å². The van der Waals surface area contributed by atoms with E-state index < -0.39 is 11.9 Å². The van der Waals surface area contributed by atoms with E-state index in [0.29, 0.717) is 11.3 Å². The Morgan fingerprint density at radius 2 is 1.85 bits per heavy atom. The number of carboxylic acids is 1. The number of methoxy groups -OCH3 is 1. The largest absolute Gasteiger partial charge is 0.497 e. The summed E-state index contributed by atoms with van der Waals surface area (Å²) >= 11 is 0. The van der Waals surface area contributed by atoms with Crippen molar-refractivity contribution in [1.82, 2.24) is 0 Å². The van der Waals surface area contributed by atoms with Gasteiger partial charge in [-0.05, 0) is 37.6 Å². The summed E-state index contributed by atoms with van der Waals surface area (Å²) in [6, 6.07) is 6.88. The fraction of sp³-hybridized carbons (Fsp3) is 0.333. The van der Waals surface area contributed by atoms with Crippen molar-refractivity contribution < 1.29 is 24.2 Å². The third-order valence-corrected chi connectivity index (χ3v) is 2.43. The summed E-state index contributed by atoms with van der Waals surface area (Å²) in [6.07, 6.45) is 0.918. The minimum Gasteiger partial charge on any atom is -0.497 e. The van der Waals surface area contributed by atoms with Gasteiger partial charge in [-0.25, -0.2) is 4.79 Å². The molecule has 1 aromatic rings. The van der Waals surface area contributed by atoms with Crippen LogP contribution >= 0.6 is 0 Å². The monoisotopic (exact) mass is 278 g/mol. The minimum atomic E-state index is -1.14. The number of aliphatic carboxylic acids is 1. The van der Waals surface area contributed by atoms with Crippen molar-refractivity contribution in [2.75, 3.05) is 7.11 Å². The van der Waals surface area contributed by atoms with Crippen LogP contribution in [0.3, 0.4) is 0 Å². The maximum Gasteiger partial charge on any atom is 0.332 e. The average molecular weight is 278 g/mol. The molecule has 0 spiro atoms. The summed E-state index contributed by atoms with van der Waals surface area (Å²) in [7, 11) is 1.55. The Labute approximate surface area is 117 Å². The number of rotatable bonds is 6. The highest BCUT2D eigenvalue weighted by atomic mass is 16.5. The Bertz CT molecular complexity index is 500. The normalized spacial score (nSPS) is 11.3. The first-order valence-corrected chi connectivity index (χ1v) is 6.19. The van der Waals surface area contributed by atoms with E-state index in [1.165, 1.54) is 6.08 Å². The van der Waals surface area contributed by atoms with Crippen LogP contribution in [-0.2, 0) is 14.3 Å². The molecule has 0 amide bonds. The van der Waals surface area contributed by atoms with Crippen molar-refractivity contribution in [3.63, 3.8) is 0 Å². The molecule has 0 saturated heterocycles. The molecule has 0 aliphatic carbocycles. The molecule has 1 rings (SSSR count). The van der Waals surface area contributed by atoms with E-state index in [1.54, 1.807) is 45.2 Å². The number of carboxylic acid groups (broad SMARTS) is 1. The summed E-state index contributed by atoms with van der Waals surface area (Å²) in [5.41, 5.74) is 0.668. The molecule has 0 fully saturated rings. The number of hydrogen-bond donors (Lipinski definition) is 1. The Balaban J connectivity index is 2.86. The smallest absolute Gasteiger partial charge is 0.332 e. The van der Waals surface area contributed by atoms with Gasteiger partial charge in [0.25, 0.3) is 0 Å². The Kier molecular flexibility index (Phi) is 5.77. The van der Waals surface area contributed by atoms with Crippen molar-refractivity contribution in [1.29, 1.82) is 0 Å². The molecule has 108 valence electrons. The highest BCUT2D eigenvalue weighted by Gasteiger charge is 2.15. The van der Waals surface area contributed by atoms with Gasteiger partial charge >= 0.3 is 11.9 Å². The molecule has 20 heavy (non-hydrogen) atoms. The van der Waals surface area contributed by atoms with Crippen LogP contribution in [0.15, 0.2) is 29.8 Å². The number of carbonyl (C=O) groups is 2. The van der Waals surface area contributed by atoms with E-state index >= 15 is 0 Å². The maximum atomic E-state index is 11.5. The molecule has 0 aromatic heterocycles. The molecule has 0 aliphatic heterocycles. The highest BCUT2D eigenvalue weighted by molar-refractivity contribution is 5.97. The minimum absolute atomic E-state index is 0.0131. The SMILES string of the molecule is COc1ccc(/C=C(\CC(=O)OC(C)C)C(=O)O)cc1. The topological polar surface area (TPSA) is 72.8 Å². The predicted octanol–water partition coefficient (Wildman–Crippen LogP) is 2.50. The first-order chi connectivity index (χ1) is 9.42. The number of esters is 1. The van der Waals surface area contributed by atoms with Crippen LogP contribution < -0.4 is 4.74 Å². The first-order valence-electron chi connectivity index (χ1n) is 6.19. The Morgan fingerprint density at radius 3 is 2.30 bits per heavy atom. The average Bonchev–Trinajstić information content (AvgIpc) is 2.37. The number of carbonyl (C=O) groups excluding carboxylic acids is 1. The molecule has 0 unspecified atom stereocenters. The van der Waals surface area contributed by atoms with Crippen LogP contribution in [0, 0.1) is 0 Å². The lowest BCUT2D eigenvalue weighted by molar-refractivity contribution is -0.148. The second kappa shape index (κ2) is 7.33. The summed E-state index contributed by atoms with van der Waals surface area (Å²) in [5, 5.41) is 9.12. The number of benzene rings is 1. The lowest BCUT2D eigenvalue weighted by atomic mass is 10.1. The molecule has 0 saturated carbocycles. The molecule has 0 heterocycles. The number of ether oxygens (including phenoxy) is 2. The van der Waals surface area contributed by atoms with Crippen LogP contribution in [0.4, 0.5) is 0 Å². The highest BCUT2D eigenvalue weighted by Crippen LogP contribution is 2.16. The molecule has 0 aliphatic rings. The van der Waals surface area contributed by atoms with E-state index in [0.717, 1.165) is 0 Å². The second-order valence-electron chi connectivity index (χ2n) is 4.46. The predicted molar refractivity (Wildman–Crippen MR) is 74.5 cm³/mol. The summed E-state index contributed by atoms with van der Waals surface area (Å²) in [5.74, 6) is -1.01. The van der Waals surface area contributed by atoms with Gasteiger partial charge in [-0.2, -0.15) is 0 Å². The van der Waals surface area contributed by atoms with Crippen molar-refractivity contribution in [3.05, 3.63) is 35.4 Å². The van der Waals surface area contributed by atoms with Gasteiger partial charge in [0.1, 0.15) is 5.75 Å². The van der Waals surface area contributed by atoms with Gasteiger partial charge < -0.3 is 14.6 Å². The zero-order valence-electron chi connectivity index (χ0n) is 11.8. The van der Waals surface area contributed by atoms with Gasteiger partial charge in [0.2, 0.25) is 0 Å². The van der Waals surface area contributed by atoms with Gasteiger partial charge in [0.05, 0.1) is 19.6 Å². The molecule has 1 aromatic carbocycles. The molecule has 0 atom stereocenters. The molecule has 0 radical (unpaired) electrons. The number of hydrogen-bond acceptors (Lipinski definition) is 4. The lowest BCUT2D eigenvalue weighted by Crippen LogP contribution is -2.14. The summed E-state index contributed by atoms with van der Waals surface area (Å²) < 4.78 is 9.96. The molecule has 1 N–H and O–H groups in total. The van der Waals surface area contributed by atoms with E-state index in [9.17, 15) is 9.59 Å². The standard InChI is InChI=1S/C15H18O5/c1-10(2)20-14(16)9-12(15(17)18)8-11-4-6-13(19-3)7-5-11/h4-8,10H,9H2,1-3H3,(H,17,18)/b12-8+. The van der Waals surface area contributed by atoms with Gasteiger partial charge in [0, 0.05) is 5.57 Å². The lowest BCUT2D eigenvalue weighted by Gasteiger charge is -2.08. The third-order valence-electron chi connectivity index (χ3n) is 2.43. The fourth-order valence-electron chi connectivity index (χ4n) is 1.55. The van der Waals surface area contributed by atoms with Crippen LogP contribution in [0.5, 0.6) is 5.75 Å². The Morgan fingerprint density at radius 1 is 1.25 bits per heavy atom. The molecule has 5 heteroatoms. The fourth-order valence-corrected chi connectivity index (χ4v) is 1.55.